The van der Waals surface area contributed by atoms with Crippen LogP contribution >= 0.6 is 0 Å². The van der Waals surface area contributed by atoms with Crippen molar-refractivity contribution >= 4 is 0 Å². The van der Waals surface area contributed by atoms with Gasteiger partial charge in [0.1, 0.15) is 0 Å². The maximum atomic E-state index is 3.66. The minimum absolute atomic E-state index is 1.01. The van der Waals surface area contributed by atoms with E-state index < -0.39 is 0 Å². The Morgan fingerprint density at radius 1 is 0.565 bits per heavy atom. The predicted octanol–water partition coefficient (Wildman–Crippen LogP) is 8.32. The quantitative estimate of drug-likeness (QED) is 0.144. The van der Waals surface area contributed by atoms with Crippen molar-refractivity contribution in [1.82, 2.24) is 0 Å². The molecule has 132 valence electrons. The molecule has 0 aliphatic heterocycles. The molecule has 0 rings (SSSR count). The van der Waals surface area contributed by atoms with Crippen LogP contribution in [0.1, 0.15) is 96.8 Å². The van der Waals surface area contributed by atoms with E-state index in [9.17, 15) is 0 Å². The second kappa shape index (κ2) is 21.0. The molecule has 0 radical (unpaired) electrons. The average molecular weight is 317 g/mol. The molecule has 0 N–H and O–H groups in total. The summed E-state index contributed by atoms with van der Waals surface area (Å²) in [6.45, 7) is 5.94. The second-order valence-electron chi connectivity index (χ2n) is 6.40. The van der Waals surface area contributed by atoms with Crippen LogP contribution in [-0.4, -0.2) is 0 Å². The van der Waals surface area contributed by atoms with E-state index in [0.717, 1.165) is 12.8 Å². The molecule has 0 heterocycles. The van der Waals surface area contributed by atoms with E-state index in [-0.39, 0.29) is 0 Å². The maximum Gasteiger partial charge on any atom is -0.0166 e. The standard InChI is InChI=1S/C23H40/c1-3-5-7-9-11-13-15-17-19-21-23-22-20-18-16-14-12-10-8-6-4-2/h3,5,7,11,13,17,19H,1,4,6,8-10,12,14-16,18,20-23H2,2H3. The molecule has 23 heavy (non-hydrogen) atoms. The molecule has 0 saturated heterocycles. The molecule has 0 nitrogen and oxygen atoms in total. The van der Waals surface area contributed by atoms with Gasteiger partial charge in [-0.1, -0.05) is 120 Å². The summed E-state index contributed by atoms with van der Waals surface area (Å²) < 4.78 is 0. The minimum Gasteiger partial charge on any atom is -0.0991 e. The third-order valence-corrected chi connectivity index (χ3v) is 4.12. The van der Waals surface area contributed by atoms with E-state index in [1.54, 1.807) is 0 Å². The number of allylic oxidation sites excluding steroid dienone is 7. The van der Waals surface area contributed by atoms with Crippen LogP contribution in [0.3, 0.4) is 0 Å². The number of hydrogen-bond acceptors (Lipinski definition) is 0. The van der Waals surface area contributed by atoms with Gasteiger partial charge in [0.2, 0.25) is 0 Å². The molecule has 0 aromatic heterocycles. The van der Waals surface area contributed by atoms with E-state index in [1.165, 1.54) is 77.0 Å². The van der Waals surface area contributed by atoms with Crippen molar-refractivity contribution in [2.45, 2.75) is 96.8 Å². The summed E-state index contributed by atoms with van der Waals surface area (Å²) in [5.41, 5.74) is 0. The van der Waals surface area contributed by atoms with Crippen molar-refractivity contribution in [3.05, 3.63) is 49.1 Å². The van der Waals surface area contributed by atoms with E-state index in [2.05, 4.69) is 43.9 Å². The summed E-state index contributed by atoms with van der Waals surface area (Å²) in [5.74, 6) is 0. The summed E-state index contributed by atoms with van der Waals surface area (Å²) in [5, 5.41) is 0. The van der Waals surface area contributed by atoms with E-state index in [1.807, 2.05) is 12.2 Å². The smallest absolute Gasteiger partial charge is 0.0166 e. The zero-order valence-electron chi connectivity index (χ0n) is 15.6. The molecular weight excluding hydrogens is 276 g/mol. The molecule has 0 saturated carbocycles. The first-order valence-electron chi connectivity index (χ1n) is 9.99. The minimum atomic E-state index is 1.01. The first-order chi connectivity index (χ1) is 11.4. The van der Waals surface area contributed by atoms with Crippen molar-refractivity contribution in [2.75, 3.05) is 0 Å². The van der Waals surface area contributed by atoms with Crippen LogP contribution < -0.4 is 0 Å². The molecule has 0 atom stereocenters. The highest BCUT2D eigenvalue weighted by Gasteiger charge is 1.92. The SMILES string of the molecule is C=CC=CCC=CCC=CCCCCCCCCCCCCC. The lowest BCUT2D eigenvalue weighted by molar-refractivity contribution is 0.550. The Morgan fingerprint density at radius 2 is 1.04 bits per heavy atom. The zero-order chi connectivity index (χ0) is 16.8. The zero-order valence-corrected chi connectivity index (χ0v) is 15.6. The molecule has 0 spiro atoms. The third-order valence-electron chi connectivity index (χ3n) is 4.12. The van der Waals surface area contributed by atoms with Gasteiger partial charge in [-0.2, -0.15) is 0 Å². The topological polar surface area (TPSA) is 0 Å². The van der Waals surface area contributed by atoms with Gasteiger partial charge in [-0.15, -0.1) is 0 Å². The lowest BCUT2D eigenvalue weighted by Gasteiger charge is -2.01. The molecule has 0 bridgehead atoms. The van der Waals surface area contributed by atoms with E-state index in [4.69, 9.17) is 0 Å². The summed E-state index contributed by atoms with van der Waals surface area (Å²) in [6, 6.07) is 0. The lowest BCUT2D eigenvalue weighted by Crippen LogP contribution is -1.81. The summed E-state index contributed by atoms with van der Waals surface area (Å²) >= 11 is 0. The summed E-state index contributed by atoms with van der Waals surface area (Å²) in [6.07, 6.45) is 34.1. The molecule has 0 aliphatic carbocycles. The van der Waals surface area contributed by atoms with E-state index >= 15 is 0 Å². The van der Waals surface area contributed by atoms with Crippen LogP contribution in [0.5, 0.6) is 0 Å². The van der Waals surface area contributed by atoms with Crippen molar-refractivity contribution in [3.63, 3.8) is 0 Å². The number of rotatable bonds is 17. The van der Waals surface area contributed by atoms with Gasteiger partial charge >= 0.3 is 0 Å². The van der Waals surface area contributed by atoms with Crippen LogP contribution in [-0.2, 0) is 0 Å². The first-order valence-corrected chi connectivity index (χ1v) is 9.99. The highest BCUT2D eigenvalue weighted by Crippen LogP contribution is 2.12. The van der Waals surface area contributed by atoms with Crippen molar-refractivity contribution in [2.24, 2.45) is 0 Å². The van der Waals surface area contributed by atoms with Gasteiger partial charge in [0, 0.05) is 0 Å². The Balaban J connectivity index is 3.16. The van der Waals surface area contributed by atoms with Crippen LogP contribution in [0, 0.1) is 0 Å². The van der Waals surface area contributed by atoms with Gasteiger partial charge in [-0.05, 0) is 25.7 Å². The molecule has 0 heteroatoms. The fourth-order valence-corrected chi connectivity index (χ4v) is 2.66. The lowest BCUT2D eigenvalue weighted by atomic mass is 10.1. The first kappa shape index (κ1) is 22.0. The fraction of sp³-hybridized carbons (Fsp3) is 0.652. The third kappa shape index (κ3) is 21.0. The van der Waals surface area contributed by atoms with Gasteiger partial charge in [-0.25, -0.2) is 0 Å². The summed E-state index contributed by atoms with van der Waals surface area (Å²) in [7, 11) is 0. The Hall–Kier alpha value is -1.04. The number of hydrogen-bond donors (Lipinski definition) is 0. The molecular formula is C23H40. The van der Waals surface area contributed by atoms with Crippen LogP contribution in [0.2, 0.25) is 0 Å². The van der Waals surface area contributed by atoms with Gasteiger partial charge in [-0.3, -0.25) is 0 Å². The van der Waals surface area contributed by atoms with Gasteiger partial charge in [0.25, 0.3) is 0 Å². The van der Waals surface area contributed by atoms with Crippen molar-refractivity contribution in [1.29, 1.82) is 0 Å². The molecule has 0 aromatic carbocycles. The fourth-order valence-electron chi connectivity index (χ4n) is 2.66. The largest absolute Gasteiger partial charge is 0.0991 e. The highest BCUT2D eigenvalue weighted by atomic mass is 14.0. The Labute approximate surface area is 146 Å². The molecule has 0 unspecified atom stereocenters. The van der Waals surface area contributed by atoms with E-state index in [0.29, 0.717) is 0 Å². The van der Waals surface area contributed by atoms with Crippen molar-refractivity contribution < 1.29 is 0 Å². The Bertz CT molecular complexity index is 306. The van der Waals surface area contributed by atoms with Crippen LogP contribution in [0.15, 0.2) is 49.1 Å². The predicted molar refractivity (Wildman–Crippen MR) is 108 cm³/mol. The normalized spacial score (nSPS) is 12.0. The van der Waals surface area contributed by atoms with Gasteiger partial charge in [0.15, 0.2) is 0 Å². The molecule has 0 fully saturated rings. The van der Waals surface area contributed by atoms with Crippen molar-refractivity contribution in [3.8, 4) is 0 Å². The van der Waals surface area contributed by atoms with Gasteiger partial charge in [0.05, 0.1) is 0 Å². The molecule has 0 aromatic rings. The van der Waals surface area contributed by atoms with Crippen LogP contribution in [0.25, 0.3) is 0 Å². The Kier molecular flexibility index (Phi) is 20.0. The maximum absolute atomic E-state index is 3.66. The number of unbranched alkanes of at least 4 members (excludes halogenated alkanes) is 11. The molecule has 0 amide bonds. The Morgan fingerprint density at radius 3 is 1.61 bits per heavy atom. The van der Waals surface area contributed by atoms with Gasteiger partial charge < -0.3 is 0 Å². The molecule has 0 aliphatic rings. The van der Waals surface area contributed by atoms with Crippen LogP contribution in [0.4, 0.5) is 0 Å². The summed E-state index contributed by atoms with van der Waals surface area (Å²) in [4.78, 5) is 0. The second-order valence-corrected chi connectivity index (χ2v) is 6.40. The highest BCUT2D eigenvalue weighted by molar-refractivity contribution is 5.02. The average Bonchev–Trinajstić information content (AvgIpc) is 2.57. The monoisotopic (exact) mass is 316 g/mol.